The van der Waals surface area contributed by atoms with Gasteiger partial charge in [0.25, 0.3) is 5.91 Å². The van der Waals surface area contributed by atoms with Crippen molar-refractivity contribution >= 4 is 11.9 Å². The smallest absolute Gasteiger partial charge is 0.305 e. The number of H-pyrrole nitrogens is 1. The van der Waals surface area contributed by atoms with E-state index in [9.17, 15) is 9.59 Å². The van der Waals surface area contributed by atoms with Gasteiger partial charge in [-0.25, -0.2) is 0 Å². The average Bonchev–Trinajstić information content (AvgIpc) is 2.70. The highest BCUT2D eigenvalue weighted by Crippen LogP contribution is 1.97. The van der Waals surface area contributed by atoms with Crippen molar-refractivity contribution in [1.29, 1.82) is 0 Å². The van der Waals surface area contributed by atoms with Gasteiger partial charge in [0.05, 0.1) is 7.11 Å². The Hall–Kier alpha value is -1.85. The van der Waals surface area contributed by atoms with Gasteiger partial charge in [-0.1, -0.05) is 0 Å². The zero-order valence-corrected chi connectivity index (χ0v) is 9.37. The Balaban J connectivity index is 2.23. The number of esters is 1. The van der Waals surface area contributed by atoms with Crippen LogP contribution in [-0.4, -0.2) is 35.7 Å². The molecule has 16 heavy (non-hydrogen) atoms. The van der Waals surface area contributed by atoms with E-state index >= 15 is 0 Å². The van der Waals surface area contributed by atoms with Crippen LogP contribution < -0.4 is 5.32 Å². The van der Waals surface area contributed by atoms with Crippen molar-refractivity contribution in [1.82, 2.24) is 15.5 Å². The minimum absolute atomic E-state index is 0.241. The van der Waals surface area contributed by atoms with Crippen LogP contribution in [0.25, 0.3) is 0 Å². The third kappa shape index (κ3) is 3.72. The van der Waals surface area contributed by atoms with Crippen molar-refractivity contribution in [2.75, 3.05) is 13.7 Å². The molecule has 0 saturated heterocycles. The van der Waals surface area contributed by atoms with E-state index in [1.165, 1.54) is 7.11 Å². The molecule has 0 aliphatic carbocycles. The lowest BCUT2D eigenvalue weighted by Gasteiger charge is -2.01. The van der Waals surface area contributed by atoms with Crippen LogP contribution >= 0.6 is 0 Å². The number of ether oxygens (including phenoxy) is 1. The topological polar surface area (TPSA) is 84.1 Å². The summed E-state index contributed by atoms with van der Waals surface area (Å²) in [4.78, 5) is 22.2. The fourth-order valence-electron chi connectivity index (χ4n) is 1.16. The Bertz CT molecular complexity index is 373. The molecule has 1 heterocycles. The van der Waals surface area contributed by atoms with E-state index in [1.807, 2.05) is 6.92 Å². The maximum absolute atomic E-state index is 11.5. The Morgan fingerprint density at radius 1 is 1.56 bits per heavy atom. The number of aromatic amines is 1. The van der Waals surface area contributed by atoms with Gasteiger partial charge in [0.1, 0.15) is 5.69 Å². The number of carbonyl (C=O) groups excluding carboxylic acids is 2. The number of methoxy groups -OCH3 is 1. The molecule has 2 N–H and O–H groups in total. The van der Waals surface area contributed by atoms with Gasteiger partial charge in [-0.15, -0.1) is 0 Å². The zero-order chi connectivity index (χ0) is 12.0. The van der Waals surface area contributed by atoms with Gasteiger partial charge in [0, 0.05) is 18.7 Å². The average molecular weight is 225 g/mol. The van der Waals surface area contributed by atoms with Crippen LogP contribution in [0, 0.1) is 6.92 Å². The largest absolute Gasteiger partial charge is 0.469 e. The molecular weight excluding hydrogens is 210 g/mol. The molecule has 1 aromatic rings. The van der Waals surface area contributed by atoms with Gasteiger partial charge in [0.15, 0.2) is 0 Å². The predicted molar refractivity (Wildman–Crippen MR) is 56.9 cm³/mol. The maximum Gasteiger partial charge on any atom is 0.305 e. The number of aromatic nitrogens is 2. The van der Waals surface area contributed by atoms with Crippen LogP contribution in [0.3, 0.4) is 0 Å². The molecule has 1 rings (SSSR count). The van der Waals surface area contributed by atoms with Gasteiger partial charge in [-0.2, -0.15) is 5.10 Å². The molecule has 6 nitrogen and oxygen atoms in total. The van der Waals surface area contributed by atoms with Crippen LogP contribution in [0.4, 0.5) is 0 Å². The van der Waals surface area contributed by atoms with Crippen molar-refractivity contribution in [2.45, 2.75) is 19.8 Å². The standard InChI is InChI=1S/C10H15N3O3/c1-7-6-8(13-12-7)10(15)11-5-3-4-9(14)16-2/h6H,3-5H2,1-2H3,(H,11,15)(H,12,13). The highest BCUT2D eigenvalue weighted by molar-refractivity contribution is 5.92. The summed E-state index contributed by atoms with van der Waals surface area (Å²) >= 11 is 0. The maximum atomic E-state index is 11.5. The molecule has 0 fully saturated rings. The number of nitrogens with zero attached hydrogens (tertiary/aromatic N) is 1. The summed E-state index contributed by atoms with van der Waals surface area (Å²) in [5, 5.41) is 9.16. The highest BCUT2D eigenvalue weighted by Gasteiger charge is 2.08. The first kappa shape index (κ1) is 12.2. The second-order valence-electron chi connectivity index (χ2n) is 3.37. The fourth-order valence-corrected chi connectivity index (χ4v) is 1.16. The van der Waals surface area contributed by atoms with E-state index in [4.69, 9.17) is 0 Å². The second kappa shape index (κ2) is 5.89. The van der Waals surface area contributed by atoms with Crippen molar-refractivity contribution in [2.24, 2.45) is 0 Å². The van der Waals surface area contributed by atoms with E-state index in [2.05, 4.69) is 20.3 Å². The molecular formula is C10H15N3O3. The molecule has 0 bridgehead atoms. The number of aryl methyl sites for hydroxylation is 1. The number of hydrogen-bond acceptors (Lipinski definition) is 4. The van der Waals surface area contributed by atoms with Crippen molar-refractivity contribution in [3.63, 3.8) is 0 Å². The predicted octanol–water partition coefficient (Wildman–Crippen LogP) is 0.401. The Kier molecular flexibility index (Phi) is 4.50. The van der Waals surface area contributed by atoms with Crippen molar-refractivity contribution in [3.8, 4) is 0 Å². The summed E-state index contributed by atoms with van der Waals surface area (Å²) in [5.74, 6) is -0.515. The second-order valence-corrected chi connectivity index (χ2v) is 3.37. The van der Waals surface area contributed by atoms with Crippen molar-refractivity contribution in [3.05, 3.63) is 17.5 Å². The third-order valence-electron chi connectivity index (χ3n) is 2.01. The summed E-state index contributed by atoms with van der Waals surface area (Å²) in [5.41, 5.74) is 1.19. The van der Waals surface area contributed by atoms with Crippen LogP contribution in [0.5, 0.6) is 0 Å². The minimum atomic E-state index is -0.273. The first-order valence-corrected chi connectivity index (χ1v) is 5.00. The Labute approximate surface area is 93.4 Å². The normalized spacial score (nSPS) is 9.88. The van der Waals surface area contributed by atoms with E-state index < -0.39 is 0 Å². The molecule has 1 aromatic heterocycles. The summed E-state index contributed by atoms with van der Waals surface area (Å²) in [6, 6.07) is 1.66. The molecule has 6 heteroatoms. The quantitative estimate of drug-likeness (QED) is 0.561. The van der Waals surface area contributed by atoms with E-state index in [0.29, 0.717) is 25.1 Å². The summed E-state index contributed by atoms with van der Waals surface area (Å²) in [6.07, 6.45) is 0.859. The molecule has 88 valence electrons. The highest BCUT2D eigenvalue weighted by atomic mass is 16.5. The molecule has 1 amide bonds. The molecule has 0 aliphatic rings. The first-order valence-electron chi connectivity index (χ1n) is 5.00. The van der Waals surface area contributed by atoms with Crippen molar-refractivity contribution < 1.29 is 14.3 Å². The Morgan fingerprint density at radius 2 is 2.31 bits per heavy atom. The van der Waals surface area contributed by atoms with E-state index in [-0.39, 0.29) is 11.9 Å². The summed E-state index contributed by atoms with van der Waals surface area (Å²) < 4.78 is 4.48. The van der Waals surface area contributed by atoms with Crippen LogP contribution in [0.2, 0.25) is 0 Å². The number of hydrogen-bond donors (Lipinski definition) is 2. The molecule has 0 saturated carbocycles. The SMILES string of the molecule is COC(=O)CCCNC(=O)c1cc(C)[nH]n1. The fraction of sp³-hybridized carbons (Fsp3) is 0.500. The number of carbonyl (C=O) groups is 2. The Morgan fingerprint density at radius 3 is 2.88 bits per heavy atom. The van der Waals surface area contributed by atoms with Crippen LogP contribution in [0.15, 0.2) is 6.07 Å². The number of amides is 1. The van der Waals surface area contributed by atoms with Crippen LogP contribution in [-0.2, 0) is 9.53 Å². The minimum Gasteiger partial charge on any atom is -0.469 e. The van der Waals surface area contributed by atoms with Gasteiger partial charge in [-0.05, 0) is 19.4 Å². The molecule has 0 unspecified atom stereocenters. The molecule has 0 aromatic carbocycles. The van der Waals surface area contributed by atoms with Gasteiger partial charge >= 0.3 is 5.97 Å². The lowest BCUT2D eigenvalue weighted by atomic mass is 10.3. The zero-order valence-electron chi connectivity index (χ0n) is 9.37. The van der Waals surface area contributed by atoms with Gasteiger partial charge < -0.3 is 10.1 Å². The van der Waals surface area contributed by atoms with Crippen LogP contribution in [0.1, 0.15) is 29.0 Å². The number of rotatable bonds is 5. The molecule has 0 aliphatic heterocycles. The monoisotopic (exact) mass is 225 g/mol. The van der Waals surface area contributed by atoms with E-state index in [0.717, 1.165) is 5.69 Å². The van der Waals surface area contributed by atoms with Gasteiger partial charge in [-0.3, -0.25) is 14.7 Å². The first-order chi connectivity index (χ1) is 7.63. The summed E-state index contributed by atoms with van der Waals surface area (Å²) in [7, 11) is 1.34. The molecule has 0 spiro atoms. The number of nitrogens with one attached hydrogen (secondary N) is 2. The lowest BCUT2D eigenvalue weighted by Crippen LogP contribution is -2.25. The summed E-state index contributed by atoms with van der Waals surface area (Å²) in [6.45, 7) is 2.25. The third-order valence-corrected chi connectivity index (χ3v) is 2.01. The van der Waals surface area contributed by atoms with E-state index in [1.54, 1.807) is 6.07 Å². The van der Waals surface area contributed by atoms with Gasteiger partial charge in [0.2, 0.25) is 0 Å². The molecule has 0 atom stereocenters. The lowest BCUT2D eigenvalue weighted by molar-refractivity contribution is -0.140. The molecule has 0 radical (unpaired) electrons.